The van der Waals surface area contributed by atoms with E-state index < -0.39 is 0 Å². The Kier molecular flexibility index (Phi) is 4.01. The number of fused-ring (bicyclic) bond motifs is 1. The molecular formula is C16H20N4O. The molecule has 2 N–H and O–H groups in total. The van der Waals surface area contributed by atoms with Gasteiger partial charge in [-0.15, -0.1) is 0 Å². The molecule has 21 heavy (non-hydrogen) atoms. The molecule has 110 valence electrons. The van der Waals surface area contributed by atoms with Gasteiger partial charge in [0, 0.05) is 38.4 Å². The predicted molar refractivity (Wildman–Crippen MR) is 80.7 cm³/mol. The van der Waals surface area contributed by atoms with Gasteiger partial charge in [0.25, 0.3) is 0 Å². The second-order valence-corrected chi connectivity index (χ2v) is 5.39. The van der Waals surface area contributed by atoms with E-state index in [1.807, 2.05) is 29.9 Å². The van der Waals surface area contributed by atoms with Gasteiger partial charge >= 0.3 is 0 Å². The van der Waals surface area contributed by atoms with E-state index in [1.165, 1.54) is 11.1 Å². The SMILES string of the molecule is Cn1nccc1CCNC(=O)[C@H]1Cc2ccccc2CN1. The summed E-state index contributed by atoms with van der Waals surface area (Å²) in [6, 6.07) is 10.1. The van der Waals surface area contributed by atoms with Crippen molar-refractivity contribution >= 4 is 5.91 Å². The number of hydrogen-bond acceptors (Lipinski definition) is 3. The number of rotatable bonds is 4. The molecule has 1 aromatic heterocycles. The summed E-state index contributed by atoms with van der Waals surface area (Å²) in [5, 5.41) is 10.4. The number of aromatic nitrogens is 2. The van der Waals surface area contributed by atoms with E-state index in [0.717, 1.165) is 25.1 Å². The number of nitrogens with zero attached hydrogens (tertiary/aromatic N) is 2. The molecule has 0 aliphatic carbocycles. The number of carbonyl (C=O) groups is 1. The third-order valence-electron chi connectivity index (χ3n) is 4.00. The van der Waals surface area contributed by atoms with Gasteiger partial charge < -0.3 is 10.6 Å². The third-order valence-corrected chi connectivity index (χ3v) is 4.00. The van der Waals surface area contributed by atoms with Crippen molar-refractivity contribution in [2.75, 3.05) is 6.54 Å². The largest absolute Gasteiger partial charge is 0.354 e. The fraction of sp³-hybridized carbons (Fsp3) is 0.375. The van der Waals surface area contributed by atoms with Gasteiger partial charge in [-0.3, -0.25) is 9.48 Å². The quantitative estimate of drug-likeness (QED) is 0.873. The summed E-state index contributed by atoms with van der Waals surface area (Å²) in [5.74, 6) is 0.0756. The van der Waals surface area contributed by atoms with Crippen molar-refractivity contribution in [1.82, 2.24) is 20.4 Å². The van der Waals surface area contributed by atoms with Gasteiger partial charge in [0.15, 0.2) is 0 Å². The van der Waals surface area contributed by atoms with Crippen LogP contribution in [0.5, 0.6) is 0 Å². The molecule has 0 saturated carbocycles. The fourth-order valence-corrected chi connectivity index (χ4v) is 2.72. The van der Waals surface area contributed by atoms with Crippen LogP contribution >= 0.6 is 0 Å². The summed E-state index contributed by atoms with van der Waals surface area (Å²) in [4.78, 5) is 12.2. The van der Waals surface area contributed by atoms with E-state index in [1.54, 1.807) is 6.20 Å². The molecule has 2 aromatic rings. The van der Waals surface area contributed by atoms with E-state index >= 15 is 0 Å². The summed E-state index contributed by atoms with van der Waals surface area (Å²) < 4.78 is 1.83. The van der Waals surface area contributed by atoms with Crippen LogP contribution in [0, 0.1) is 0 Å². The number of nitrogens with one attached hydrogen (secondary N) is 2. The van der Waals surface area contributed by atoms with Crippen molar-refractivity contribution in [2.24, 2.45) is 7.05 Å². The maximum Gasteiger partial charge on any atom is 0.237 e. The molecular weight excluding hydrogens is 264 g/mol. The Labute approximate surface area is 124 Å². The van der Waals surface area contributed by atoms with Crippen molar-refractivity contribution in [2.45, 2.75) is 25.4 Å². The highest BCUT2D eigenvalue weighted by atomic mass is 16.2. The molecule has 5 heteroatoms. The zero-order valence-electron chi connectivity index (χ0n) is 12.2. The topological polar surface area (TPSA) is 59.0 Å². The average molecular weight is 284 g/mol. The van der Waals surface area contributed by atoms with Crippen LogP contribution in [0.3, 0.4) is 0 Å². The van der Waals surface area contributed by atoms with E-state index in [2.05, 4.69) is 27.9 Å². The minimum atomic E-state index is -0.133. The van der Waals surface area contributed by atoms with Crippen LogP contribution < -0.4 is 10.6 Å². The molecule has 0 radical (unpaired) electrons. The highest BCUT2D eigenvalue weighted by Crippen LogP contribution is 2.16. The van der Waals surface area contributed by atoms with Crippen molar-refractivity contribution in [3.63, 3.8) is 0 Å². The highest BCUT2D eigenvalue weighted by molar-refractivity contribution is 5.82. The van der Waals surface area contributed by atoms with Gasteiger partial charge in [-0.05, 0) is 23.6 Å². The third kappa shape index (κ3) is 3.13. The average Bonchev–Trinajstić information content (AvgIpc) is 2.92. The summed E-state index contributed by atoms with van der Waals surface area (Å²) in [6.07, 6.45) is 3.33. The van der Waals surface area contributed by atoms with Crippen LogP contribution in [0.25, 0.3) is 0 Å². The smallest absolute Gasteiger partial charge is 0.237 e. The first-order valence-electron chi connectivity index (χ1n) is 7.29. The first-order valence-corrected chi connectivity index (χ1v) is 7.29. The number of aryl methyl sites for hydroxylation is 1. The Hall–Kier alpha value is -2.14. The van der Waals surface area contributed by atoms with Gasteiger partial charge in [-0.25, -0.2) is 0 Å². The maximum atomic E-state index is 12.2. The van der Waals surface area contributed by atoms with Crippen LogP contribution in [0.4, 0.5) is 0 Å². The molecule has 5 nitrogen and oxygen atoms in total. The summed E-state index contributed by atoms with van der Waals surface area (Å²) in [5.41, 5.74) is 3.68. The molecule has 0 bridgehead atoms. The monoisotopic (exact) mass is 284 g/mol. The minimum Gasteiger partial charge on any atom is -0.354 e. The van der Waals surface area contributed by atoms with E-state index in [4.69, 9.17) is 0 Å². The Morgan fingerprint density at radius 2 is 2.19 bits per heavy atom. The van der Waals surface area contributed by atoms with Gasteiger partial charge in [0.05, 0.1) is 6.04 Å². The molecule has 1 amide bonds. The van der Waals surface area contributed by atoms with E-state index in [9.17, 15) is 4.79 Å². The zero-order valence-corrected chi connectivity index (χ0v) is 12.2. The highest BCUT2D eigenvalue weighted by Gasteiger charge is 2.23. The number of benzene rings is 1. The molecule has 0 spiro atoms. The molecule has 0 saturated heterocycles. The lowest BCUT2D eigenvalue weighted by molar-refractivity contribution is -0.123. The van der Waals surface area contributed by atoms with Crippen molar-refractivity contribution in [1.29, 1.82) is 0 Å². The Morgan fingerprint density at radius 1 is 1.38 bits per heavy atom. The molecule has 3 rings (SSSR count). The molecule has 1 atom stereocenters. The zero-order chi connectivity index (χ0) is 14.7. The van der Waals surface area contributed by atoms with Crippen molar-refractivity contribution in [3.8, 4) is 0 Å². The lowest BCUT2D eigenvalue weighted by Gasteiger charge is -2.25. The van der Waals surface area contributed by atoms with Crippen LogP contribution in [0.2, 0.25) is 0 Å². The standard InChI is InChI=1S/C16H20N4O/c1-20-14(7-9-19-20)6-8-17-16(21)15-10-12-4-2-3-5-13(12)11-18-15/h2-5,7,9,15,18H,6,8,10-11H2,1H3,(H,17,21)/t15-/m1/s1. The van der Waals surface area contributed by atoms with Crippen LogP contribution in [-0.4, -0.2) is 28.3 Å². The lowest BCUT2D eigenvalue weighted by atomic mass is 9.95. The number of carbonyl (C=O) groups excluding carboxylic acids is 1. The molecule has 1 aliphatic heterocycles. The van der Waals surface area contributed by atoms with Gasteiger partial charge in [0.2, 0.25) is 5.91 Å². The van der Waals surface area contributed by atoms with E-state index in [-0.39, 0.29) is 11.9 Å². The lowest BCUT2D eigenvalue weighted by Crippen LogP contribution is -2.48. The molecule has 0 unspecified atom stereocenters. The van der Waals surface area contributed by atoms with Crippen LogP contribution in [0.15, 0.2) is 36.5 Å². The normalized spacial score (nSPS) is 17.3. The summed E-state index contributed by atoms with van der Waals surface area (Å²) in [7, 11) is 1.91. The number of amides is 1. The van der Waals surface area contributed by atoms with Gasteiger partial charge in [-0.1, -0.05) is 24.3 Å². The van der Waals surface area contributed by atoms with Crippen LogP contribution in [-0.2, 0) is 31.2 Å². The first-order chi connectivity index (χ1) is 10.2. The Bertz CT molecular complexity index is 635. The molecule has 0 fully saturated rings. The molecule has 1 aromatic carbocycles. The summed E-state index contributed by atoms with van der Waals surface area (Å²) in [6.45, 7) is 1.40. The second kappa shape index (κ2) is 6.10. The van der Waals surface area contributed by atoms with Crippen molar-refractivity contribution < 1.29 is 4.79 Å². The Morgan fingerprint density at radius 3 is 2.95 bits per heavy atom. The Balaban J connectivity index is 1.52. The van der Waals surface area contributed by atoms with Crippen molar-refractivity contribution in [3.05, 3.63) is 53.3 Å². The maximum absolute atomic E-state index is 12.2. The van der Waals surface area contributed by atoms with E-state index in [0.29, 0.717) is 6.54 Å². The predicted octanol–water partition coefficient (Wildman–Crippen LogP) is 0.793. The molecule has 2 heterocycles. The number of hydrogen-bond donors (Lipinski definition) is 2. The first kappa shape index (κ1) is 13.8. The fourth-order valence-electron chi connectivity index (χ4n) is 2.72. The summed E-state index contributed by atoms with van der Waals surface area (Å²) >= 11 is 0. The molecule has 1 aliphatic rings. The van der Waals surface area contributed by atoms with Crippen LogP contribution in [0.1, 0.15) is 16.8 Å². The van der Waals surface area contributed by atoms with Gasteiger partial charge in [-0.2, -0.15) is 5.10 Å². The minimum absolute atomic E-state index is 0.0756. The second-order valence-electron chi connectivity index (χ2n) is 5.39. The van der Waals surface area contributed by atoms with Gasteiger partial charge in [0.1, 0.15) is 0 Å².